The Morgan fingerprint density at radius 2 is 1.65 bits per heavy atom. The number of benzene rings is 2. The molecule has 0 N–H and O–H groups in total. The fraction of sp³-hybridized carbons (Fsp3) is 0.419. The van der Waals surface area contributed by atoms with Crippen LogP contribution in [0.2, 0.25) is 0 Å². The van der Waals surface area contributed by atoms with Crippen molar-refractivity contribution in [3.63, 3.8) is 0 Å². The summed E-state index contributed by atoms with van der Waals surface area (Å²) in [7, 11) is 0. The van der Waals surface area contributed by atoms with Crippen LogP contribution < -0.4 is 0 Å². The molecule has 3 heterocycles. The number of fused-ring (bicyclic) bond motifs is 1. The molecule has 0 spiro atoms. The van der Waals surface area contributed by atoms with E-state index in [-0.39, 0.29) is 23.9 Å². The monoisotopic (exact) mass is 515 g/mol. The maximum atomic E-state index is 13.9. The molecule has 0 unspecified atom stereocenters. The van der Waals surface area contributed by atoms with E-state index in [2.05, 4.69) is 61.4 Å². The number of carbonyl (C=O) groups excluding carboxylic acids is 2. The van der Waals surface area contributed by atoms with Gasteiger partial charge in [0, 0.05) is 43.2 Å². The number of aryl methyl sites for hydroxylation is 2. The molecule has 6 heteroatoms. The largest absolute Gasteiger partial charge is 0.340 e. The Balaban J connectivity index is 1.30. The molecule has 0 radical (unpaired) electrons. The lowest BCUT2D eigenvalue weighted by Crippen LogP contribution is -2.51. The van der Waals surface area contributed by atoms with Crippen molar-refractivity contribution in [1.29, 1.82) is 0 Å². The zero-order valence-corrected chi connectivity index (χ0v) is 23.0. The topological polar surface area (TPSA) is 43.9 Å². The predicted octanol–water partition coefficient (Wildman–Crippen LogP) is 5.33. The number of carbonyl (C=O) groups is 2. The molecule has 2 aromatic carbocycles. The van der Waals surface area contributed by atoms with E-state index in [0.29, 0.717) is 26.2 Å². The van der Waals surface area contributed by atoms with Crippen LogP contribution in [0.3, 0.4) is 0 Å². The van der Waals surface area contributed by atoms with E-state index in [9.17, 15) is 9.59 Å². The number of hydrogen-bond acceptors (Lipinski definition) is 4. The molecule has 0 aliphatic carbocycles. The van der Waals surface area contributed by atoms with Gasteiger partial charge in [0.1, 0.15) is 0 Å². The van der Waals surface area contributed by atoms with Crippen molar-refractivity contribution in [2.24, 2.45) is 0 Å². The van der Waals surface area contributed by atoms with E-state index in [0.717, 1.165) is 31.4 Å². The summed E-state index contributed by atoms with van der Waals surface area (Å²) in [6.07, 6.45) is 2.74. The lowest BCUT2D eigenvalue weighted by Gasteiger charge is -2.41. The second kappa shape index (κ2) is 11.2. The summed E-state index contributed by atoms with van der Waals surface area (Å²) in [6, 6.07) is 18.6. The quantitative estimate of drug-likeness (QED) is 0.461. The summed E-state index contributed by atoms with van der Waals surface area (Å²) in [6.45, 7) is 9.73. The van der Waals surface area contributed by atoms with Crippen molar-refractivity contribution in [2.75, 3.05) is 32.7 Å². The van der Waals surface area contributed by atoms with Crippen molar-refractivity contribution < 1.29 is 9.59 Å². The molecule has 2 aliphatic rings. The smallest absolute Gasteiger partial charge is 0.253 e. The van der Waals surface area contributed by atoms with Crippen LogP contribution in [0.5, 0.6) is 0 Å². The van der Waals surface area contributed by atoms with E-state index in [1.54, 1.807) is 0 Å². The van der Waals surface area contributed by atoms with E-state index < -0.39 is 0 Å². The minimum Gasteiger partial charge on any atom is -0.340 e. The molecule has 0 saturated carbocycles. The third-order valence-corrected chi connectivity index (χ3v) is 9.04. The van der Waals surface area contributed by atoms with Gasteiger partial charge in [-0.1, -0.05) is 43.3 Å². The minimum atomic E-state index is -0.235. The molecule has 2 aliphatic heterocycles. The molecule has 3 aromatic rings. The van der Waals surface area contributed by atoms with Gasteiger partial charge >= 0.3 is 0 Å². The first-order valence-electron chi connectivity index (χ1n) is 13.5. The predicted molar refractivity (Wildman–Crippen MR) is 150 cm³/mol. The lowest BCUT2D eigenvalue weighted by atomic mass is 9.89. The molecule has 37 heavy (non-hydrogen) atoms. The van der Waals surface area contributed by atoms with Gasteiger partial charge < -0.3 is 9.80 Å². The third kappa shape index (κ3) is 5.23. The van der Waals surface area contributed by atoms with E-state index >= 15 is 0 Å². The SMILES string of the molecule is CCc1ccc(C(=O)N2CCCN(C(=O)[C@H](C)N3CCc4sccc4[C@H]3c3ccccc3C)CC2)cc1. The van der Waals surface area contributed by atoms with Gasteiger partial charge in [-0.15, -0.1) is 11.3 Å². The maximum Gasteiger partial charge on any atom is 0.253 e. The first-order valence-corrected chi connectivity index (χ1v) is 14.4. The zero-order valence-electron chi connectivity index (χ0n) is 22.2. The fourth-order valence-corrected chi connectivity index (χ4v) is 6.71. The molecule has 2 amide bonds. The standard InChI is InChI=1S/C31H37N3O2S/c1-4-24-10-12-25(13-11-24)31(36)33-17-7-16-32(19-20-33)30(35)23(3)34-18-14-28-27(15-21-37-28)29(34)26-9-6-5-8-22(26)2/h5-6,8-13,15,21,23,29H,4,7,14,16-20H2,1-3H3/t23-,29+/m0/s1. The Kier molecular flexibility index (Phi) is 7.77. The van der Waals surface area contributed by atoms with Crippen molar-refractivity contribution in [2.45, 2.75) is 52.1 Å². The Labute approximate surface area is 224 Å². The van der Waals surface area contributed by atoms with E-state index in [1.807, 2.05) is 45.4 Å². The average molecular weight is 516 g/mol. The van der Waals surface area contributed by atoms with Crippen LogP contribution in [-0.4, -0.2) is 65.3 Å². The molecule has 1 fully saturated rings. The molecule has 1 aromatic heterocycles. The highest BCUT2D eigenvalue weighted by Gasteiger charge is 2.37. The average Bonchev–Trinajstić information content (AvgIpc) is 3.28. The summed E-state index contributed by atoms with van der Waals surface area (Å²) in [5.41, 5.74) is 5.84. The van der Waals surface area contributed by atoms with Crippen LogP contribution >= 0.6 is 11.3 Å². The van der Waals surface area contributed by atoms with Gasteiger partial charge in [0.05, 0.1) is 12.1 Å². The van der Waals surface area contributed by atoms with Gasteiger partial charge in [-0.25, -0.2) is 0 Å². The highest BCUT2D eigenvalue weighted by molar-refractivity contribution is 7.10. The van der Waals surface area contributed by atoms with Gasteiger partial charge in [-0.3, -0.25) is 14.5 Å². The Bertz CT molecular complexity index is 1250. The summed E-state index contributed by atoms with van der Waals surface area (Å²) < 4.78 is 0. The molecular weight excluding hydrogens is 478 g/mol. The minimum absolute atomic E-state index is 0.0608. The third-order valence-electron chi connectivity index (χ3n) is 8.04. The number of nitrogens with zero attached hydrogens (tertiary/aromatic N) is 3. The van der Waals surface area contributed by atoms with Crippen LogP contribution in [0.25, 0.3) is 0 Å². The van der Waals surface area contributed by atoms with Crippen LogP contribution in [-0.2, 0) is 17.6 Å². The van der Waals surface area contributed by atoms with Gasteiger partial charge in [0.15, 0.2) is 0 Å². The number of hydrogen-bond donors (Lipinski definition) is 0. The molecular formula is C31H37N3O2S. The Morgan fingerprint density at radius 1 is 0.919 bits per heavy atom. The van der Waals surface area contributed by atoms with Crippen LogP contribution in [0.4, 0.5) is 0 Å². The second-order valence-corrected chi connectivity index (χ2v) is 11.2. The first-order chi connectivity index (χ1) is 18.0. The van der Waals surface area contributed by atoms with Gasteiger partial charge in [-0.05, 0) is 78.9 Å². The van der Waals surface area contributed by atoms with Crippen LogP contribution in [0, 0.1) is 6.92 Å². The molecule has 5 nitrogen and oxygen atoms in total. The molecule has 1 saturated heterocycles. The summed E-state index contributed by atoms with van der Waals surface area (Å²) in [5, 5.41) is 2.18. The Morgan fingerprint density at radius 3 is 2.41 bits per heavy atom. The highest BCUT2D eigenvalue weighted by Crippen LogP contribution is 2.40. The van der Waals surface area contributed by atoms with Gasteiger partial charge in [-0.2, -0.15) is 0 Å². The highest BCUT2D eigenvalue weighted by atomic mass is 32.1. The summed E-state index contributed by atoms with van der Waals surface area (Å²) >= 11 is 1.83. The molecule has 2 atom stereocenters. The van der Waals surface area contributed by atoms with E-state index in [4.69, 9.17) is 0 Å². The van der Waals surface area contributed by atoms with Gasteiger partial charge in [0.25, 0.3) is 5.91 Å². The maximum absolute atomic E-state index is 13.9. The van der Waals surface area contributed by atoms with Crippen molar-refractivity contribution in [3.8, 4) is 0 Å². The Hall–Kier alpha value is -2.96. The normalized spacial score (nSPS) is 19.3. The van der Waals surface area contributed by atoms with Gasteiger partial charge in [0.2, 0.25) is 5.91 Å². The van der Waals surface area contributed by atoms with Crippen molar-refractivity contribution in [3.05, 3.63) is 92.7 Å². The second-order valence-electron chi connectivity index (χ2n) is 10.2. The van der Waals surface area contributed by atoms with E-state index in [1.165, 1.54) is 27.1 Å². The molecule has 194 valence electrons. The number of rotatable bonds is 5. The molecule has 0 bridgehead atoms. The lowest BCUT2D eigenvalue weighted by molar-refractivity contribution is -0.137. The molecule has 5 rings (SSSR count). The summed E-state index contributed by atoms with van der Waals surface area (Å²) in [5.74, 6) is 0.226. The number of amides is 2. The van der Waals surface area contributed by atoms with Crippen molar-refractivity contribution >= 4 is 23.2 Å². The fourth-order valence-electron chi connectivity index (χ4n) is 5.81. The summed E-state index contributed by atoms with van der Waals surface area (Å²) in [4.78, 5) is 34.7. The van der Waals surface area contributed by atoms with Crippen LogP contribution in [0.15, 0.2) is 60.0 Å². The first kappa shape index (κ1) is 25.7. The number of thiophene rings is 1. The zero-order chi connectivity index (χ0) is 25.9. The van der Waals surface area contributed by atoms with Crippen molar-refractivity contribution in [1.82, 2.24) is 14.7 Å². The van der Waals surface area contributed by atoms with Crippen LogP contribution in [0.1, 0.15) is 63.8 Å².